The Hall–Kier alpha value is -3.02. The van der Waals surface area contributed by atoms with Gasteiger partial charge in [0.2, 0.25) is 0 Å². The van der Waals surface area contributed by atoms with Crippen LogP contribution in [0.4, 0.5) is 11.4 Å². The zero-order chi connectivity index (χ0) is 22.6. The summed E-state index contributed by atoms with van der Waals surface area (Å²) < 4.78 is 0. The minimum Gasteiger partial charge on any atom is -0.384 e. The molecule has 33 heavy (non-hydrogen) atoms. The summed E-state index contributed by atoms with van der Waals surface area (Å²) in [6.45, 7) is 5.85. The molecule has 0 bridgehead atoms. The molecule has 2 saturated carbocycles. The lowest BCUT2D eigenvalue weighted by molar-refractivity contribution is 0.806. The Balaban J connectivity index is 1.17. The molecular formula is C27H36N6. The smallest absolute Gasteiger partial charge is 0.125 e. The average Bonchev–Trinajstić information content (AvgIpc) is 3.75. The van der Waals surface area contributed by atoms with Crippen LogP contribution >= 0.6 is 0 Å². The zero-order valence-corrected chi connectivity index (χ0v) is 19.5. The highest BCUT2D eigenvalue weighted by Gasteiger charge is 2.21. The van der Waals surface area contributed by atoms with E-state index in [-0.39, 0.29) is 0 Å². The second-order valence-electron chi connectivity index (χ2n) is 9.76. The van der Waals surface area contributed by atoms with Crippen molar-refractivity contribution in [3.8, 4) is 0 Å². The lowest BCUT2D eigenvalue weighted by Crippen LogP contribution is -2.30. The van der Waals surface area contributed by atoms with Crippen LogP contribution in [-0.2, 0) is 0 Å². The molecule has 3 aliphatic rings. The summed E-state index contributed by atoms with van der Waals surface area (Å²) >= 11 is 0. The summed E-state index contributed by atoms with van der Waals surface area (Å²) in [7, 11) is 0. The third kappa shape index (κ3) is 5.86. The Morgan fingerprint density at radius 2 is 1.03 bits per heavy atom. The molecule has 174 valence electrons. The molecule has 2 aromatic carbocycles. The molecule has 0 radical (unpaired) electrons. The van der Waals surface area contributed by atoms with E-state index in [1.54, 1.807) is 0 Å². The fourth-order valence-electron chi connectivity index (χ4n) is 4.36. The number of rotatable bonds is 8. The van der Waals surface area contributed by atoms with Gasteiger partial charge in [-0.15, -0.1) is 0 Å². The number of hydrogen-bond acceptors (Lipinski definition) is 4. The van der Waals surface area contributed by atoms with Crippen molar-refractivity contribution in [3.05, 3.63) is 59.7 Å². The predicted octanol–water partition coefficient (Wildman–Crippen LogP) is 3.63. The predicted molar refractivity (Wildman–Crippen MR) is 139 cm³/mol. The first-order chi connectivity index (χ1) is 16.2. The molecule has 0 amide bonds. The summed E-state index contributed by atoms with van der Waals surface area (Å²) in [5.41, 5.74) is 16.9. The molecule has 5 rings (SSSR count). The molecule has 1 aliphatic heterocycles. The quantitative estimate of drug-likeness (QED) is 0.481. The third-order valence-electron chi connectivity index (χ3n) is 6.99. The number of anilines is 2. The maximum atomic E-state index is 6.18. The van der Waals surface area contributed by atoms with E-state index in [0.29, 0.717) is 11.7 Å². The van der Waals surface area contributed by atoms with Crippen molar-refractivity contribution in [1.29, 1.82) is 0 Å². The Morgan fingerprint density at radius 1 is 0.636 bits per heavy atom. The summed E-state index contributed by atoms with van der Waals surface area (Å²) in [6, 6.07) is 17.2. The first kappa shape index (κ1) is 21.8. The van der Waals surface area contributed by atoms with Gasteiger partial charge in [0.1, 0.15) is 11.7 Å². The van der Waals surface area contributed by atoms with Crippen LogP contribution in [0, 0.1) is 11.8 Å². The second kappa shape index (κ2) is 9.86. The molecule has 2 aliphatic carbocycles. The number of hydrogen-bond donors (Lipinski definition) is 2. The van der Waals surface area contributed by atoms with Gasteiger partial charge in [0, 0.05) is 61.8 Å². The second-order valence-corrected chi connectivity index (χ2v) is 9.76. The highest BCUT2D eigenvalue weighted by molar-refractivity contribution is 5.98. The van der Waals surface area contributed by atoms with Crippen LogP contribution < -0.4 is 21.3 Å². The molecule has 3 fully saturated rings. The summed E-state index contributed by atoms with van der Waals surface area (Å²) in [5, 5.41) is 0. The largest absolute Gasteiger partial charge is 0.384 e. The topological polar surface area (TPSA) is 83.2 Å². The third-order valence-corrected chi connectivity index (χ3v) is 6.99. The van der Waals surface area contributed by atoms with Crippen molar-refractivity contribution in [2.24, 2.45) is 33.3 Å². The summed E-state index contributed by atoms with van der Waals surface area (Å²) in [5.74, 6) is 2.85. The van der Waals surface area contributed by atoms with Gasteiger partial charge in [0.05, 0.1) is 0 Å². The molecule has 0 atom stereocenters. The van der Waals surface area contributed by atoms with E-state index in [9.17, 15) is 0 Å². The van der Waals surface area contributed by atoms with Crippen LogP contribution in [-0.4, -0.2) is 50.9 Å². The fraction of sp³-hybridized carbons (Fsp3) is 0.481. The van der Waals surface area contributed by atoms with Crippen molar-refractivity contribution in [2.45, 2.75) is 32.1 Å². The van der Waals surface area contributed by atoms with Crippen molar-refractivity contribution in [3.63, 3.8) is 0 Å². The highest BCUT2D eigenvalue weighted by Crippen LogP contribution is 2.29. The molecule has 4 N–H and O–H groups in total. The summed E-state index contributed by atoms with van der Waals surface area (Å²) in [6.07, 6.45) is 6.33. The van der Waals surface area contributed by atoms with Gasteiger partial charge in [0.15, 0.2) is 0 Å². The normalized spacial score (nSPS) is 20.1. The van der Waals surface area contributed by atoms with Crippen molar-refractivity contribution >= 4 is 23.0 Å². The zero-order valence-electron chi connectivity index (χ0n) is 19.5. The Morgan fingerprint density at radius 3 is 1.39 bits per heavy atom. The molecule has 6 nitrogen and oxygen atoms in total. The molecule has 6 heteroatoms. The van der Waals surface area contributed by atoms with Gasteiger partial charge in [-0.05, 0) is 92.5 Å². The number of amidine groups is 2. The standard InChI is InChI=1S/C27H36N6/c28-26(30-18-20-2-3-20)22-6-10-24(11-7-22)32-14-1-15-33(17-16-32)25-12-8-23(9-13-25)27(29)31-19-21-4-5-21/h6-13,20-21H,1-5,14-19H2,(H2,28,30)(H2,29,31). The maximum absolute atomic E-state index is 6.18. The van der Waals surface area contributed by atoms with Gasteiger partial charge in [0.25, 0.3) is 0 Å². The number of nitrogens with zero attached hydrogens (tertiary/aromatic N) is 4. The van der Waals surface area contributed by atoms with Gasteiger partial charge in [-0.1, -0.05) is 0 Å². The fourth-order valence-corrected chi connectivity index (χ4v) is 4.36. The van der Waals surface area contributed by atoms with Crippen LogP contribution in [0.25, 0.3) is 0 Å². The molecular weight excluding hydrogens is 408 g/mol. The van der Waals surface area contributed by atoms with Gasteiger partial charge >= 0.3 is 0 Å². The maximum Gasteiger partial charge on any atom is 0.125 e. The first-order valence-electron chi connectivity index (χ1n) is 12.5. The van der Waals surface area contributed by atoms with E-state index >= 15 is 0 Å². The van der Waals surface area contributed by atoms with Gasteiger partial charge < -0.3 is 21.3 Å². The van der Waals surface area contributed by atoms with Gasteiger partial charge in [-0.3, -0.25) is 9.98 Å². The minimum absolute atomic E-state index is 0.664. The average molecular weight is 445 g/mol. The van der Waals surface area contributed by atoms with Crippen LogP contribution in [0.15, 0.2) is 58.5 Å². The van der Waals surface area contributed by atoms with Crippen LogP contribution in [0.5, 0.6) is 0 Å². The molecule has 1 saturated heterocycles. The Kier molecular flexibility index (Phi) is 6.51. The molecule has 0 spiro atoms. The van der Waals surface area contributed by atoms with Crippen LogP contribution in [0.1, 0.15) is 43.2 Å². The van der Waals surface area contributed by atoms with E-state index < -0.39 is 0 Å². The highest BCUT2D eigenvalue weighted by atomic mass is 15.2. The van der Waals surface area contributed by atoms with E-state index in [4.69, 9.17) is 11.5 Å². The number of nitrogens with two attached hydrogens (primary N) is 2. The summed E-state index contributed by atoms with van der Waals surface area (Å²) in [4.78, 5) is 14.0. The molecule has 1 heterocycles. The lowest BCUT2D eigenvalue weighted by Gasteiger charge is -2.25. The molecule has 0 aromatic heterocycles. The van der Waals surface area contributed by atoms with E-state index in [2.05, 4.69) is 68.3 Å². The number of benzene rings is 2. The monoisotopic (exact) mass is 444 g/mol. The van der Waals surface area contributed by atoms with E-state index in [1.165, 1.54) is 37.1 Å². The molecule has 2 aromatic rings. The minimum atomic E-state index is 0.664. The van der Waals surface area contributed by atoms with Gasteiger partial charge in [-0.25, -0.2) is 0 Å². The van der Waals surface area contributed by atoms with E-state index in [1.807, 2.05) is 0 Å². The SMILES string of the molecule is NC(=NCC1CC1)c1ccc(N2CCCN(c3ccc(C(N)=NCC4CC4)cc3)CC2)cc1. The number of aliphatic imine (C=N–C) groups is 2. The van der Waals surface area contributed by atoms with Crippen molar-refractivity contribution in [1.82, 2.24) is 0 Å². The first-order valence-corrected chi connectivity index (χ1v) is 12.5. The lowest BCUT2D eigenvalue weighted by atomic mass is 10.1. The van der Waals surface area contributed by atoms with E-state index in [0.717, 1.165) is 68.7 Å². The molecule has 0 unspecified atom stereocenters. The Labute approximate surface area is 197 Å². The van der Waals surface area contributed by atoms with Crippen LogP contribution in [0.3, 0.4) is 0 Å². The van der Waals surface area contributed by atoms with Gasteiger partial charge in [-0.2, -0.15) is 0 Å². The Bertz CT molecular complexity index is 905. The van der Waals surface area contributed by atoms with Crippen molar-refractivity contribution < 1.29 is 0 Å². The van der Waals surface area contributed by atoms with Crippen molar-refractivity contribution in [2.75, 3.05) is 49.1 Å². The van der Waals surface area contributed by atoms with Crippen LogP contribution in [0.2, 0.25) is 0 Å².